The smallest absolute Gasteiger partial charge is 0.347 e. The van der Waals surface area contributed by atoms with E-state index in [1.165, 1.54) is 0 Å². The van der Waals surface area contributed by atoms with Gasteiger partial charge in [-0.05, 0) is 12.8 Å². The van der Waals surface area contributed by atoms with Crippen molar-refractivity contribution >= 4 is 11.8 Å². The van der Waals surface area contributed by atoms with Crippen LogP contribution in [0.4, 0.5) is 5.82 Å². The normalized spacial score (nSPS) is 14.9. The van der Waals surface area contributed by atoms with E-state index in [1.807, 2.05) is 0 Å². The minimum Gasteiger partial charge on any atom is -0.481 e. The monoisotopic (exact) mass is 209 g/mol. The summed E-state index contributed by atoms with van der Waals surface area (Å²) in [6, 6.07) is 1.95. The Bertz CT molecular complexity index is 436. The van der Waals surface area contributed by atoms with Gasteiger partial charge in [-0.15, -0.1) is 0 Å². The average molecular weight is 209 g/mol. The van der Waals surface area contributed by atoms with E-state index < -0.39 is 11.7 Å². The topological polar surface area (TPSA) is 95.1 Å². The number of carbonyl (C=O) groups is 1. The first-order chi connectivity index (χ1) is 7.13. The molecule has 1 saturated carbocycles. The fourth-order valence-electron chi connectivity index (χ4n) is 1.28. The van der Waals surface area contributed by atoms with E-state index >= 15 is 0 Å². The van der Waals surface area contributed by atoms with Gasteiger partial charge in [0.15, 0.2) is 0 Å². The number of aliphatic carboxylic acids is 1. The maximum atomic E-state index is 11.1. The second-order valence-corrected chi connectivity index (χ2v) is 3.59. The van der Waals surface area contributed by atoms with E-state index in [4.69, 9.17) is 5.11 Å². The van der Waals surface area contributed by atoms with Crippen LogP contribution in [0, 0.1) is 0 Å². The number of nitrogens with one attached hydrogen (secondary N) is 2. The molecule has 0 bridgehead atoms. The van der Waals surface area contributed by atoms with E-state index in [0.717, 1.165) is 12.8 Å². The molecular weight excluding hydrogens is 198 g/mol. The largest absolute Gasteiger partial charge is 0.481 e. The van der Waals surface area contributed by atoms with Crippen LogP contribution >= 0.6 is 0 Å². The molecule has 6 nitrogen and oxygen atoms in total. The summed E-state index contributed by atoms with van der Waals surface area (Å²) < 4.78 is 0. The van der Waals surface area contributed by atoms with Gasteiger partial charge in [0, 0.05) is 17.8 Å². The van der Waals surface area contributed by atoms with E-state index in [0.29, 0.717) is 17.6 Å². The molecule has 0 saturated heterocycles. The number of hydrogen-bond donors (Lipinski definition) is 3. The summed E-state index contributed by atoms with van der Waals surface area (Å²) in [5.41, 5.74) is -0.150. The first-order valence-corrected chi connectivity index (χ1v) is 4.72. The highest BCUT2D eigenvalue weighted by Gasteiger charge is 2.21. The van der Waals surface area contributed by atoms with Crippen molar-refractivity contribution in [2.24, 2.45) is 0 Å². The Labute approximate surface area is 85.4 Å². The van der Waals surface area contributed by atoms with Crippen LogP contribution in [0.15, 0.2) is 10.9 Å². The van der Waals surface area contributed by atoms with Gasteiger partial charge in [0.2, 0.25) is 0 Å². The number of carboxylic acid groups (broad SMARTS) is 1. The summed E-state index contributed by atoms with van der Waals surface area (Å²) in [7, 11) is 0. The molecule has 1 aromatic heterocycles. The number of nitrogens with zero attached hydrogens (tertiary/aromatic N) is 1. The van der Waals surface area contributed by atoms with Gasteiger partial charge in [-0.2, -0.15) is 4.98 Å². The molecule has 0 aromatic carbocycles. The lowest BCUT2D eigenvalue weighted by Crippen LogP contribution is -2.18. The molecule has 0 radical (unpaired) electrons. The van der Waals surface area contributed by atoms with Crippen molar-refractivity contribution < 1.29 is 9.90 Å². The van der Waals surface area contributed by atoms with Crippen molar-refractivity contribution in [3.05, 3.63) is 22.2 Å². The van der Waals surface area contributed by atoms with Gasteiger partial charge in [0.1, 0.15) is 5.82 Å². The minimum absolute atomic E-state index is 0.197. The number of rotatable bonds is 4. The van der Waals surface area contributed by atoms with Crippen molar-refractivity contribution in [1.29, 1.82) is 0 Å². The van der Waals surface area contributed by atoms with Gasteiger partial charge in [-0.1, -0.05) is 0 Å². The second kappa shape index (κ2) is 3.72. The zero-order valence-corrected chi connectivity index (χ0v) is 7.99. The molecule has 0 unspecified atom stereocenters. The lowest BCUT2D eigenvalue weighted by Gasteiger charge is -2.03. The molecule has 6 heteroatoms. The number of aromatic nitrogens is 2. The predicted octanol–water partition coefficient (Wildman–Crippen LogP) is -0.0287. The Morgan fingerprint density at radius 1 is 1.67 bits per heavy atom. The molecule has 80 valence electrons. The van der Waals surface area contributed by atoms with Crippen molar-refractivity contribution in [2.45, 2.75) is 25.3 Å². The SMILES string of the molecule is O=C(O)Cc1cc(NC2CC2)nc(=O)[nH]1. The van der Waals surface area contributed by atoms with E-state index in [9.17, 15) is 9.59 Å². The van der Waals surface area contributed by atoms with Crippen molar-refractivity contribution in [1.82, 2.24) is 9.97 Å². The Kier molecular flexibility index (Phi) is 2.40. The number of aromatic amines is 1. The highest BCUT2D eigenvalue weighted by molar-refractivity contribution is 5.69. The summed E-state index contributed by atoms with van der Waals surface area (Å²) >= 11 is 0. The molecule has 0 amide bonds. The van der Waals surface area contributed by atoms with Crippen LogP contribution in [0.3, 0.4) is 0 Å². The first-order valence-electron chi connectivity index (χ1n) is 4.72. The molecule has 1 heterocycles. The summed E-state index contributed by atoms with van der Waals surface area (Å²) in [5, 5.41) is 11.6. The average Bonchev–Trinajstić information content (AvgIpc) is 2.85. The zero-order chi connectivity index (χ0) is 10.8. The van der Waals surface area contributed by atoms with Crippen LogP contribution in [0.5, 0.6) is 0 Å². The van der Waals surface area contributed by atoms with Gasteiger partial charge < -0.3 is 15.4 Å². The number of H-pyrrole nitrogens is 1. The summed E-state index contributed by atoms with van der Waals surface area (Å²) in [5.74, 6) is -0.522. The number of carboxylic acids is 1. The fraction of sp³-hybridized carbons (Fsp3) is 0.444. The first kappa shape index (κ1) is 9.70. The van der Waals surface area contributed by atoms with Gasteiger partial charge in [-0.3, -0.25) is 4.79 Å². The number of hydrogen-bond acceptors (Lipinski definition) is 4. The minimum atomic E-state index is -0.978. The van der Waals surface area contributed by atoms with E-state index in [1.54, 1.807) is 6.07 Å². The molecule has 2 rings (SSSR count). The maximum absolute atomic E-state index is 11.1. The third kappa shape index (κ3) is 2.80. The summed E-state index contributed by atoms with van der Waals surface area (Å²) in [6.45, 7) is 0. The van der Waals surface area contributed by atoms with Crippen LogP contribution in [-0.2, 0) is 11.2 Å². The predicted molar refractivity (Wildman–Crippen MR) is 52.8 cm³/mol. The third-order valence-corrected chi connectivity index (χ3v) is 2.07. The molecule has 0 spiro atoms. The van der Waals surface area contributed by atoms with Gasteiger partial charge in [-0.25, -0.2) is 4.79 Å². The lowest BCUT2D eigenvalue weighted by molar-refractivity contribution is -0.136. The quantitative estimate of drug-likeness (QED) is 0.647. The molecule has 1 fully saturated rings. The highest BCUT2D eigenvalue weighted by Crippen LogP contribution is 2.23. The Balaban J connectivity index is 2.19. The lowest BCUT2D eigenvalue weighted by atomic mass is 10.3. The van der Waals surface area contributed by atoms with Crippen molar-refractivity contribution in [2.75, 3.05) is 5.32 Å². The Hall–Kier alpha value is -1.85. The summed E-state index contributed by atoms with van der Waals surface area (Å²) in [6.07, 6.45) is 1.95. The molecule has 1 aliphatic rings. The van der Waals surface area contributed by atoms with Crippen molar-refractivity contribution in [3.63, 3.8) is 0 Å². The molecule has 0 aliphatic heterocycles. The molecule has 3 N–H and O–H groups in total. The molecule has 1 aliphatic carbocycles. The van der Waals surface area contributed by atoms with E-state index in [2.05, 4.69) is 15.3 Å². The van der Waals surface area contributed by atoms with Crippen LogP contribution < -0.4 is 11.0 Å². The highest BCUT2D eigenvalue weighted by atomic mass is 16.4. The zero-order valence-electron chi connectivity index (χ0n) is 7.99. The van der Waals surface area contributed by atoms with Crippen LogP contribution in [0.2, 0.25) is 0 Å². The number of anilines is 1. The van der Waals surface area contributed by atoms with Gasteiger partial charge in [0.05, 0.1) is 6.42 Å². The van der Waals surface area contributed by atoms with E-state index in [-0.39, 0.29) is 6.42 Å². The van der Waals surface area contributed by atoms with Crippen LogP contribution in [0.25, 0.3) is 0 Å². The van der Waals surface area contributed by atoms with Gasteiger partial charge in [0.25, 0.3) is 0 Å². The third-order valence-electron chi connectivity index (χ3n) is 2.07. The van der Waals surface area contributed by atoms with Gasteiger partial charge >= 0.3 is 11.7 Å². The molecule has 15 heavy (non-hydrogen) atoms. The van der Waals surface area contributed by atoms with Crippen LogP contribution in [0.1, 0.15) is 18.5 Å². The standard InChI is InChI=1S/C9H11N3O3/c13-8(14)4-6-3-7(10-5-1-2-5)12-9(15)11-6/h3,5H,1-2,4H2,(H,13,14)(H2,10,11,12,15). The Morgan fingerprint density at radius 2 is 2.40 bits per heavy atom. The molecule has 0 atom stereocenters. The second-order valence-electron chi connectivity index (χ2n) is 3.59. The van der Waals surface area contributed by atoms with Crippen molar-refractivity contribution in [3.8, 4) is 0 Å². The molecule has 1 aromatic rings. The Morgan fingerprint density at radius 3 is 3.00 bits per heavy atom. The van der Waals surface area contributed by atoms with Crippen LogP contribution in [-0.4, -0.2) is 27.1 Å². The fourth-order valence-corrected chi connectivity index (χ4v) is 1.28. The summed E-state index contributed by atoms with van der Waals surface area (Å²) in [4.78, 5) is 27.6. The maximum Gasteiger partial charge on any atom is 0.347 e. The molecular formula is C9H11N3O3.